The van der Waals surface area contributed by atoms with Crippen LogP contribution in [0.2, 0.25) is 0 Å². The Morgan fingerprint density at radius 2 is 1.08 bits per heavy atom. The molecule has 38 heavy (non-hydrogen) atoms. The molecule has 0 amide bonds. The molecule has 0 saturated carbocycles. The maximum Gasteiger partial charge on any atom is 1.00 e. The molecule has 0 radical (unpaired) electrons. The van der Waals surface area contributed by atoms with Crippen LogP contribution in [0.3, 0.4) is 0 Å². The van der Waals surface area contributed by atoms with Crippen molar-refractivity contribution in [2.24, 2.45) is 0 Å². The molecule has 0 aliphatic carbocycles. The van der Waals surface area contributed by atoms with Crippen molar-refractivity contribution in [1.29, 1.82) is 0 Å². The van der Waals surface area contributed by atoms with E-state index in [-0.39, 0.29) is 51.4 Å². The van der Waals surface area contributed by atoms with Crippen molar-refractivity contribution in [3.63, 3.8) is 0 Å². The molecule has 5 rings (SSSR count). The van der Waals surface area contributed by atoms with E-state index < -0.39 is 0 Å². The van der Waals surface area contributed by atoms with Crippen molar-refractivity contribution in [2.75, 3.05) is 79.3 Å². The van der Waals surface area contributed by atoms with Gasteiger partial charge >= 0.3 is 57.3 Å². The van der Waals surface area contributed by atoms with E-state index >= 15 is 0 Å². The molecule has 200 valence electrons. The molecule has 3 aromatic rings. The fraction of sp³-hybridized carbons (Fsp3) is 0.444. The van der Waals surface area contributed by atoms with Crippen LogP contribution in [0.1, 0.15) is 5.89 Å². The average Bonchev–Trinajstić information content (AvgIpc) is 3.52. The first kappa shape index (κ1) is 31.2. The van der Waals surface area contributed by atoms with Crippen molar-refractivity contribution in [2.45, 2.75) is 0 Å². The van der Waals surface area contributed by atoms with E-state index in [9.17, 15) is 0 Å². The van der Waals surface area contributed by atoms with Crippen LogP contribution in [0.15, 0.2) is 58.8 Å². The van der Waals surface area contributed by atoms with Gasteiger partial charge in [0, 0.05) is 11.9 Å². The number of aromatic nitrogens is 1. The summed E-state index contributed by atoms with van der Waals surface area (Å²) in [4.78, 5) is 3.17. The fourth-order valence-corrected chi connectivity index (χ4v) is 3.38. The number of benzene rings is 2. The number of aromatic amines is 1. The molecule has 1 fully saturated rings. The summed E-state index contributed by atoms with van der Waals surface area (Å²) in [6.45, 7) is 7.04. The third-order valence-electron chi connectivity index (χ3n) is 5.16. The van der Waals surface area contributed by atoms with Crippen molar-refractivity contribution in [3.8, 4) is 5.75 Å². The summed E-state index contributed by atoms with van der Waals surface area (Å²) >= 11 is 0. The van der Waals surface area contributed by atoms with Crippen LogP contribution in [0, 0.1) is 0 Å². The second kappa shape index (κ2) is 18.8. The van der Waals surface area contributed by atoms with Gasteiger partial charge in [0.05, 0.1) is 85.4 Å². The van der Waals surface area contributed by atoms with E-state index in [0.29, 0.717) is 91.1 Å². The Bertz CT molecular complexity index is 959. The third-order valence-corrected chi connectivity index (χ3v) is 5.16. The topological polar surface area (TPSA) is 106 Å². The van der Waals surface area contributed by atoms with Gasteiger partial charge < -0.3 is 42.9 Å². The Kier molecular flexibility index (Phi) is 15.5. The summed E-state index contributed by atoms with van der Waals surface area (Å²) in [5.74, 6) is 1.91. The van der Waals surface area contributed by atoms with Crippen LogP contribution in [0.25, 0.3) is 22.5 Å². The molecular formula is C27H34KN2O8+. The van der Waals surface area contributed by atoms with E-state index in [4.69, 9.17) is 37.6 Å². The Hall–Kier alpha value is -1.35. The van der Waals surface area contributed by atoms with Crippen LogP contribution in [-0.2, 0) is 28.4 Å². The standard InChI is InChI=1S/C15H9N2O2.C12H24O6.K/c1-3-7-12-10(5-1)16-14(18-12)9-15-17-11-6-2-4-8-13(11)19-15;1-2-14-5-6-16-9-10-18-12-11-17-8-7-15-4-3-13-1;/h1-9H;1-12H2;/q-1;;+1/p+1/b14-9-;;. The van der Waals surface area contributed by atoms with Crippen LogP contribution >= 0.6 is 0 Å². The van der Waals surface area contributed by atoms with Gasteiger partial charge in [0.15, 0.2) is 0 Å². The quantitative estimate of drug-likeness (QED) is 0.407. The predicted molar refractivity (Wildman–Crippen MR) is 136 cm³/mol. The zero-order valence-corrected chi connectivity index (χ0v) is 25.0. The molecule has 10 nitrogen and oxygen atoms in total. The molecule has 1 N–H and O–H groups in total. The van der Waals surface area contributed by atoms with Gasteiger partial charge in [-0.05, 0) is 12.1 Å². The second-order valence-electron chi connectivity index (χ2n) is 7.93. The molecule has 1 aromatic heterocycles. The molecule has 0 bridgehead atoms. The minimum Gasteiger partial charge on any atom is -0.624 e. The fourth-order valence-electron chi connectivity index (χ4n) is 3.38. The normalized spacial score (nSPS) is 19.0. The summed E-state index contributed by atoms with van der Waals surface area (Å²) < 4.78 is 43.2. The van der Waals surface area contributed by atoms with Crippen LogP contribution in [0.4, 0.5) is 5.69 Å². The largest absolute Gasteiger partial charge is 1.00 e. The molecule has 0 atom stereocenters. The monoisotopic (exact) mass is 553 g/mol. The molecule has 1 saturated heterocycles. The van der Waals surface area contributed by atoms with E-state index in [1.54, 1.807) is 6.08 Å². The first-order valence-electron chi connectivity index (χ1n) is 12.5. The predicted octanol–water partition coefficient (Wildman–Crippen LogP) is 0.747. The summed E-state index contributed by atoms with van der Waals surface area (Å²) in [5.41, 5.74) is 2.60. The first-order chi connectivity index (χ1) is 18.4. The minimum atomic E-state index is 0. The number of oxazole rings is 1. The van der Waals surface area contributed by atoms with Gasteiger partial charge in [-0.2, -0.15) is 4.98 Å². The van der Waals surface area contributed by atoms with E-state index in [1.807, 2.05) is 48.5 Å². The Balaban J connectivity index is 0.000000206. The molecule has 2 aliphatic heterocycles. The van der Waals surface area contributed by atoms with Gasteiger partial charge in [-0.15, -0.1) is 0 Å². The van der Waals surface area contributed by atoms with Crippen LogP contribution in [-0.4, -0.2) is 79.3 Å². The van der Waals surface area contributed by atoms with Gasteiger partial charge in [-0.25, -0.2) is 0 Å². The number of para-hydroxylation sites is 4. The number of ether oxygens (including phenoxy) is 7. The molecule has 3 heterocycles. The van der Waals surface area contributed by atoms with Gasteiger partial charge in [-0.3, -0.25) is 0 Å². The summed E-state index contributed by atoms with van der Waals surface area (Å²) in [5, 5.41) is 4.38. The minimum absolute atomic E-state index is 0. The molecule has 2 aromatic carbocycles. The Labute approximate surface area is 265 Å². The molecule has 0 spiro atoms. The Morgan fingerprint density at radius 1 is 0.605 bits per heavy atom. The van der Waals surface area contributed by atoms with E-state index in [2.05, 4.69) is 10.3 Å². The number of rotatable bonds is 1. The number of fused-ring (bicyclic) bond motifs is 2. The van der Waals surface area contributed by atoms with Crippen LogP contribution < -0.4 is 61.1 Å². The number of H-pyrrole nitrogens is 1. The second-order valence-corrected chi connectivity index (χ2v) is 7.93. The van der Waals surface area contributed by atoms with E-state index in [1.165, 1.54) is 0 Å². The van der Waals surface area contributed by atoms with Crippen molar-refractivity contribution in [3.05, 3.63) is 65.6 Å². The van der Waals surface area contributed by atoms with Crippen molar-refractivity contribution < 1.29 is 93.9 Å². The third kappa shape index (κ3) is 11.4. The summed E-state index contributed by atoms with van der Waals surface area (Å²) in [7, 11) is 0. The average molecular weight is 554 g/mol. The van der Waals surface area contributed by atoms with Gasteiger partial charge in [0.25, 0.3) is 0 Å². The Morgan fingerprint density at radius 3 is 1.58 bits per heavy atom. The van der Waals surface area contributed by atoms with Gasteiger partial charge in [-0.1, -0.05) is 36.0 Å². The number of nitrogens with one attached hydrogen (secondary N) is 1. The zero-order valence-electron chi connectivity index (χ0n) is 21.9. The molecular weight excluding hydrogens is 519 g/mol. The summed E-state index contributed by atoms with van der Waals surface area (Å²) in [6, 6.07) is 15.4. The number of hydrogen-bond donors (Lipinski definition) is 0. The molecule has 11 heteroatoms. The molecule has 2 aliphatic rings. The SMILES string of the molecule is C(=C1\[N-]c2ccccc2O1)/c1[nH+]c2ccccc2o1.C1COCCOCCOCCOCCOCCO1.[K+]. The zero-order chi connectivity index (χ0) is 25.4. The number of nitrogens with zero attached hydrogens (tertiary/aromatic N) is 1. The van der Waals surface area contributed by atoms with Crippen LogP contribution in [0.5, 0.6) is 5.75 Å². The maximum absolute atomic E-state index is 5.66. The maximum atomic E-state index is 5.66. The van der Waals surface area contributed by atoms with Crippen molar-refractivity contribution >= 4 is 22.9 Å². The van der Waals surface area contributed by atoms with Gasteiger partial charge in [0.1, 0.15) is 5.75 Å². The summed E-state index contributed by atoms with van der Waals surface area (Å²) in [6.07, 6.45) is 1.75. The van der Waals surface area contributed by atoms with Crippen molar-refractivity contribution in [1.82, 2.24) is 0 Å². The van der Waals surface area contributed by atoms with E-state index in [0.717, 1.165) is 22.5 Å². The smallest absolute Gasteiger partial charge is 0.624 e. The molecule has 0 unspecified atom stereocenters. The van der Waals surface area contributed by atoms with Gasteiger partial charge in [0.2, 0.25) is 11.1 Å². The first-order valence-corrected chi connectivity index (χ1v) is 12.5. The number of hydrogen-bond acceptors (Lipinski definition) is 8.